The number of anilines is 1. The number of quaternary nitrogens is 1. The number of hydrogen-bond donors (Lipinski definition) is 2. The van der Waals surface area contributed by atoms with Gasteiger partial charge in [0.1, 0.15) is 0 Å². The zero-order chi connectivity index (χ0) is 18.7. The summed E-state index contributed by atoms with van der Waals surface area (Å²) in [5, 5.41) is 13.7. The number of nitrogens with one attached hydrogen (secondary N) is 2. The minimum Gasteiger partial charge on any atom is -0.414 e. The first-order chi connectivity index (χ1) is 12.5. The maximum Gasteiger partial charge on any atom is 0.279 e. The Kier molecular flexibility index (Phi) is 5.93. The molecule has 6 nitrogen and oxygen atoms in total. The van der Waals surface area contributed by atoms with Crippen LogP contribution < -0.4 is 10.2 Å². The molecular formula is C17H17Cl2N4O2S+. The Labute approximate surface area is 164 Å². The molecule has 0 fully saturated rings. The van der Waals surface area contributed by atoms with Gasteiger partial charge < -0.3 is 14.6 Å². The summed E-state index contributed by atoms with van der Waals surface area (Å²) in [6.07, 6.45) is 0. The van der Waals surface area contributed by atoms with E-state index < -0.39 is 0 Å². The number of halogens is 2. The molecule has 9 heteroatoms. The highest BCUT2D eigenvalue weighted by atomic mass is 35.5. The van der Waals surface area contributed by atoms with E-state index in [0.29, 0.717) is 27.5 Å². The Morgan fingerprint density at radius 3 is 2.65 bits per heavy atom. The second kappa shape index (κ2) is 8.18. The first-order valence-corrected chi connectivity index (χ1v) is 9.52. The fourth-order valence-corrected chi connectivity index (χ4v) is 3.46. The zero-order valence-electron chi connectivity index (χ0n) is 14.1. The molecule has 0 spiro atoms. The van der Waals surface area contributed by atoms with Crippen molar-refractivity contribution in [3.05, 3.63) is 51.6 Å². The molecule has 0 bridgehead atoms. The Morgan fingerprint density at radius 1 is 1.27 bits per heavy atom. The molecule has 136 valence electrons. The maximum atomic E-state index is 12.3. The largest absolute Gasteiger partial charge is 0.414 e. The Bertz CT molecular complexity index is 878. The second-order valence-electron chi connectivity index (χ2n) is 5.81. The van der Waals surface area contributed by atoms with Gasteiger partial charge in [0.05, 0.1) is 27.7 Å². The molecule has 0 aliphatic rings. The minimum absolute atomic E-state index is 0.149. The lowest BCUT2D eigenvalue weighted by Gasteiger charge is -2.18. The van der Waals surface area contributed by atoms with Crippen molar-refractivity contribution in [2.45, 2.75) is 13.0 Å². The Balaban J connectivity index is 1.64. The third-order valence-corrected chi connectivity index (χ3v) is 5.44. The summed E-state index contributed by atoms with van der Waals surface area (Å²) < 4.78 is 5.74. The summed E-state index contributed by atoms with van der Waals surface area (Å²) in [6, 6.07) is 8.77. The number of para-hydroxylation sites is 1. The van der Waals surface area contributed by atoms with Crippen molar-refractivity contribution in [2.75, 3.05) is 18.9 Å². The topological polar surface area (TPSA) is 72.5 Å². The lowest BCUT2D eigenvalue weighted by atomic mass is 10.3. The highest BCUT2D eigenvalue weighted by Gasteiger charge is 2.25. The smallest absolute Gasteiger partial charge is 0.279 e. The first kappa shape index (κ1) is 18.8. The number of likely N-dealkylation sites (N-methyl/N-ethyl adjacent to an activating group) is 1. The van der Waals surface area contributed by atoms with Gasteiger partial charge in [-0.05, 0) is 30.5 Å². The molecule has 1 unspecified atom stereocenters. The van der Waals surface area contributed by atoms with Crippen LogP contribution in [0.5, 0.6) is 0 Å². The van der Waals surface area contributed by atoms with E-state index in [2.05, 4.69) is 15.5 Å². The molecule has 2 heterocycles. The van der Waals surface area contributed by atoms with E-state index in [1.54, 1.807) is 18.2 Å². The Hall–Kier alpha value is -1.93. The van der Waals surface area contributed by atoms with Gasteiger partial charge in [-0.3, -0.25) is 4.79 Å². The number of carbonyl (C=O) groups excluding carboxylic acids is 1. The van der Waals surface area contributed by atoms with Crippen LogP contribution in [0.1, 0.15) is 18.9 Å². The Morgan fingerprint density at radius 2 is 2.00 bits per heavy atom. The fourth-order valence-electron chi connectivity index (χ4n) is 2.33. The van der Waals surface area contributed by atoms with E-state index in [1.165, 1.54) is 11.3 Å². The van der Waals surface area contributed by atoms with Gasteiger partial charge >= 0.3 is 0 Å². The van der Waals surface area contributed by atoms with Crippen LogP contribution in [-0.4, -0.2) is 29.7 Å². The van der Waals surface area contributed by atoms with Crippen LogP contribution in [0.25, 0.3) is 10.8 Å². The molecule has 0 radical (unpaired) electrons. The van der Waals surface area contributed by atoms with E-state index in [0.717, 1.165) is 9.78 Å². The predicted octanol–water partition coefficient (Wildman–Crippen LogP) is 3.32. The summed E-state index contributed by atoms with van der Waals surface area (Å²) in [7, 11) is 1.88. The molecular weight excluding hydrogens is 395 g/mol. The van der Waals surface area contributed by atoms with Crippen molar-refractivity contribution in [2.24, 2.45) is 0 Å². The average molecular weight is 412 g/mol. The molecule has 0 saturated heterocycles. The quantitative estimate of drug-likeness (QED) is 0.652. The number of carbonyl (C=O) groups is 1. The number of nitrogens with zero attached hydrogens (tertiary/aromatic N) is 2. The van der Waals surface area contributed by atoms with Gasteiger partial charge in [-0.15, -0.1) is 21.5 Å². The number of benzene rings is 1. The van der Waals surface area contributed by atoms with Gasteiger partial charge in [-0.1, -0.05) is 35.3 Å². The number of hydrogen-bond acceptors (Lipinski definition) is 5. The second-order valence-corrected chi connectivity index (χ2v) is 7.57. The lowest BCUT2D eigenvalue weighted by molar-refractivity contribution is -0.903. The SMILES string of the molecule is C[C@@H](c1nnc(-c2cccs2)o1)[NH+](C)CC(=O)Nc1c(Cl)cccc1Cl. The molecule has 0 aliphatic carbocycles. The normalized spacial score (nSPS) is 13.4. The molecule has 2 aromatic heterocycles. The zero-order valence-corrected chi connectivity index (χ0v) is 16.5. The van der Waals surface area contributed by atoms with Gasteiger partial charge in [0.25, 0.3) is 17.7 Å². The maximum absolute atomic E-state index is 12.3. The highest BCUT2D eigenvalue weighted by molar-refractivity contribution is 7.13. The number of aromatic nitrogens is 2. The first-order valence-electron chi connectivity index (χ1n) is 7.89. The van der Waals surface area contributed by atoms with Crippen LogP contribution in [0, 0.1) is 0 Å². The van der Waals surface area contributed by atoms with Gasteiger partial charge in [-0.25, -0.2) is 0 Å². The van der Waals surface area contributed by atoms with Gasteiger partial charge in [-0.2, -0.15) is 0 Å². The summed E-state index contributed by atoms with van der Waals surface area (Å²) in [5.41, 5.74) is 0.416. The van der Waals surface area contributed by atoms with E-state index in [1.807, 2.05) is 31.5 Å². The molecule has 2 N–H and O–H groups in total. The van der Waals surface area contributed by atoms with Gasteiger partial charge in [0, 0.05) is 0 Å². The van der Waals surface area contributed by atoms with E-state index in [4.69, 9.17) is 27.6 Å². The molecule has 2 atom stereocenters. The third-order valence-electron chi connectivity index (χ3n) is 3.95. The molecule has 0 aliphatic heterocycles. The van der Waals surface area contributed by atoms with Crippen LogP contribution in [-0.2, 0) is 4.79 Å². The molecule has 3 aromatic rings. The molecule has 26 heavy (non-hydrogen) atoms. The van der Waals surface area contributed by atoms with E-state index >= 15 is 0 Å². The summed E-state index contributed by atoms with van der Waals surface area (Å²) in [5.74, 6) is 0.763. The third kappa shape index (κ3) is 4.24. The van der Waals surface area contributed by atoms with Crippen LogP contribution in [0.15, 0.2) is 40.1 Å². The van der Waals surface area contributed by atoms with Crippen molar-refractivity contribution < 1.29 is 14.1 Å². The van der Waals surface area contributed by atoms with Crippen LogP contribution in [0.3, 0.4) is 0 Å². The summed E-state index contributed by atoms with van der Waals surface area (Å²) in [6.45, 7) is 2.12. The average Bonchev–Trinajstić information content (AvgIpc) is 3.28. The molecule has 1 aromatic carbocycles. The van der Waals surface area contributed by atoms with E-state index in [-0.39, 0.29) is 18.5 Å². The predicted molar refractivity (Wildman–Crippen MR) is 103 cm³/mol. The number of thiophene rings is 1. The fraction of sp³-hybridized carbons (Fsp3) is 0.235. The number of rotatable bonds is 6. The molecule has 3 rings (SSSR count). The van der Waals surface area contributed by atoms with Gasteiger partial charge in [0.2, 0.25) is 0 Å². The summed E-state index contributed by atoms with van der Waals surface area (Å²) >= 11 is 13.7. The summed E-state index contributed by atoms with van der Waals surface area (Å²) in [4.78, 5) is 14.2. The molecule has 0 saturated carbocycles. The van der Waals surface area contributed by atoms with Gasteiger partial charge in [0.15, 0.2) is 12.6 Å². The van der Waals surface area contributed by atoms with Crippen molar-refractivity contribution in [3.8, 4) is 10.8 Å². The van der Waals surface area contributed by atoms with Crippen LogP contribution in [0.4, 0.5) is 5.69 Å². The number of amides is 1. The van der Waals surface area contributed by atoms with Crippen molar-refractivity contribution in [1.82, 2.24) is 10.2 Å². The van der Waals surface area contributed by atoms with Crippen molar-refractivity contribution in [1.29, 1.82) is 0 Å². The van der Waals surface area contributed by atoms with Crippen molar-refractivity contribution >= 4 is 46.1 Å². The van der Waals surface area contributed by atoms with Crippen molar-refractivity contribution in [3.63, 3.8) is 0 Å². The van der Waals surface area contributed by atoms with Crippen LogP contribution in [0.2, 0.25) is 10.0 Å². The highest BCUT2D eigenvalue weighted by Crippen LogP contribution is 2.29. The monoisotopic (exact) mass is 411 g/mol. The lowest BCUT2D eigenvalue weighted by Crippen LogP contribution is -3.10. The van der Waals surface area contributed by atoms with Crippen LogP contribution >= 0.6 is 34.5 Å². The van der Waals surface area contributed by atoms with E-state index in [9.17, 15) is 4.79 Å². The molecule has 1 amide bonds. The minimum atomic E-state index is -0.206. The standard InChI is InChI=1S/C17H16Cl2N4O2S/c1-10(16-21-22-17(25-16)13-7-4-8-26-13)23(2)9-14(24)20-15-11(18)5-3-6-12(15)19/h3-8,10H,9H2,1-2H3,(H,20,24)/p+1/t10-/m0/s1.